The smallest absolute Gasteiger partial charge is 0.315 e. The Kier molecular flexibility index (Phi) is 5.35. The van der Waals surface area contributed by atoms with Gasteiger partial charge in [0.1, 0.15) is 0 Å². The second kappa shape index (κ2) is 7.10. The van der Waals surface area contributed by atoms with Crippen LogP contribution in [0.1, 0.15) is 24.4 Å². The van der Waals surface area contributed by atoms with Crippen LogP contribution in [0.3, 0.4) is 0 Å². The lowest BCUT2D eigenvalue weighted by Crippen LogP contribution is -2.32. The minimum atomic E-state index is -3.22. The van der Waals surface area contributed by atoms with E-state index in [0.717, 1.165) is 5.56 Å². The summed E-state index contributed by atoms with van der Waals surface area (Å²) in [5.74, 6) is 0.166. The molecule has 0 saturated carbocycles. The highest BCUT2D eigenvalue weighted by atomic mass is 32.2. The third-order valence-corrected chi connectivity index (χ3v) is 4.75. The van der Waals surface area contributed by atoms with Crippen molar-refractivity contribution in [2.75, 3.05) is 25.2 Å². The molecule has 0 spiro atoms. The molecule has 0 aliphatic heterocycles. The first-order valence-corrected chi connectivity index (χ1v) is 9.16. The van der Waals surface area contributed by atoms with Gasteiger partial charge in [0.25, 0.3) is 0 Å². The Morgan fingerprint density at radius 3 is 2.46 bits per heavy atom. The molecule has 0 bridgehead atoms. The van der Waals surface area contributed by atoms with Gasteiger partial charge in [-0.2, -0.15) is 4.98 Å². The number of carbonyl (C=O) groups is 1. The SMILES string of the molecule is Cc1noc(NC(=O)CN(C)C(C)c2ccc(S(C)(=O)=O)cc2)n1. The lowest BCUT2D eigenvalue weighted by atomic mass is 10.1. The van der Waals surface area contributed by atoms with Gasteiger partial charge in [0.15, 0.2) is 15.7 Å². The molecule has 2 aromatic rings. The number of rotatable bonds is 6. The number of likely N-dealkylation sites (N-methyl/N-ethyl adjacent to an activating group) is 1. The molecule has 0 saturated heterocycles. The average Bonchev–Trinajstić information content (AvgIpc) is 2.90. The van der Waals surface area contributed by atoms with E-state index in [9.17, 15) is 13.2 Å². The molecule has 1 aromatic carbocycles. The van der Waals surface area contributed by atoms with Crippen molar-refractivity contribution < 1.29 is 17.7 Å². The largest absolute Gasteiger partial charge is 0.328 e. The third-order valence-electron chi connectivity index (χ3n) is 3.62. The molecule has 8 nitrogen and oxygen atoms in total. The molecule has 0 radical (unpaired) electrons. The van der Waals surface area contributed by atoms with Crippen LogP contribution in [-0.4, -0.2) is 49.2 Å². The fourth-order valence-corrected chi connectivity index (χ4v) is 2.75. The van der Waals surface area contributed by atoms with Crippen molar-refractivity contribution in [1.82, 2.24) is 15.0 Å². The van der Waals surface area contributed by atoms with Crippen molar-refractivity contribution in [3.8, 4) is 0 Å². The maximum Gasteiger partial charge on any atom is 0.328 e. The summed E-state index contributed by atoms with van der Waals surface area (Å²) in [6.07, 6.45) is 1.17. The lowest BCUT2D eigenvalue weighted by molar-refractivity contribution is -0.117. The summed E-state index contributed by atoms with van der Waals surface area (Å²) >= 11 is 0. The van der Waals surface area contributed by atoms with Gasteiger partial charge >= 0.3 is 6.01 Å². The normalized spacial score (nSPS) is 13.0. The lowest BCUT2D eigenvalue weighted by Gasteiger charge is -2.24. The average molecular weight is 352 g/mol. The predicted octanol–water partition coefficient (Wildman–Crippen LogP) is 1.41. The maximum absolute atomic E-state index is 12.0. The van der Waals surface area contributed by atoms with Crippen molar-refractivity contribution in [2.24, 2.45) is 0 Å². The third kappa shape index (κ3) is 4.62. The van der Waals surface area contributed by atoms with Gasteiger partial charge in [-0.05, 0) is 38.6 Å². The molecule has 1 heterocycles. The summed E-state index contributed by atoms with van der Waals surface area (Å²) in [6.45, 7) is 3.71. The van der Waals surface area contributed by atoms with Gasteiger partial charge in [0.2, 0.25) is 5.91 Å². The molecule has 1 N–H and O–H groups in total. The molecule has 0 aliphatic carbocycles. The zero-order chi connectivity index (χ0) is 17.9. The number of nitrogens with one attached hydrogen (secondary N) is 1. The first-order valence-electron chi connectivity index (χ1n) is 7.27. The number of nitrogens with zero attached hydrogens (tertiary/aromatic N) is 3. The van der Waals surface area contributed by atoms with Crippen molar-refractivity contribution >= 4 is 21.8 Å². The van der Waals surface area contributed by atoms with E-state index < -0.39 is 9.84 Å². The summed E-state index contributed by atoms with van der Waals surface area (Å²) in [5.41, 5.74) is 0.909. The highest BCUT2D eigenvalue weighted by Gasteiger charge is 2.17. The molecular formula is C15H20N4O4S. The number of carbonyl (C=O) groups excluding carboxylic acids is 1. The fourth-order valence-electron chi connectivity index (χ4n) is 2.12. The van der Waals surface area contributed by atoms with E-state index in [2.05, 4.69) is 15.5 Å². The second-order valence-electron chi connectivity index (χ2n) is 5.63. The van der Waals surface area contributed by atoms with Crippen LogP contribution in [0.15, 0.2) is 33.7 Å². The number of sulfone groups is 1. The first kappa shape index (κ1) is 18.1. The van der Waals surface area contributed by atoms with Gasteiger partial charge in [-0.25, -0.2) is 8.42 Å². The topological polar surface area (TPSA) is 105 Å². The maximum atomic E-state index is 12.0. The molecular weight excluding hydrogens is 332 g/mol. The van der Waals surface area contributed by atoms with Gasteiger partial charge in [0, 0.05) is 12.3 Å². The fraction of sp³-hybridized carbons (Fsp3) is 0.400. The Morgan fingerprint density at radius 1 is 1.33 bits per heavy atom. The molecule has 2 rings (SSSR count). The number of hydrogen-bond acceptors (Lipinski definition) is 7. The van der Waals surface area contributed by atoms with E-state index in [1.54, 1.807) is 38.2 Å². The Labute approximate surface area is 140 Å². The van der Waals surface area contributed by atoms with Crippen LogP contribution in [0.2, 0.25) is 0 Å². The molecule has 24 heavy (non-hydrogen) atoms. The zero-order valence-corrected chi connectivity index (χ0v) is 14.8. The van der Waals surface area contributed by atoms with Gasteiger partial charge in [0.05, 0.1) is 11.4 Å². The Balaban J connectivity index is 1.98. The molecule has 0 fully saturated rings. The molecule has 1 unspecified atom stereocenters. The van der Waals surface area contributed by atoms with Crippen molar-refractivity contribution in [3.05, 3.63) is 35.7 Å². The van der Waals surface area contributed by atoms with E-state index in [1.165, 1.54) is 6.26 Å². The quantitative estimate of drug-likeness (QED) is 0.838. The molecule has 130 valence electrons. The van der Waals surface area contributed by atoms with Crippen LogP contribution in [0.5, 0.6) is 0 Å². The summed E-state index contributed by atoms with van der Waals surface area (Å²) in [7, 11) is -1.42. The standard InChI is InChI=1S/C15H20N4O4S/c1-10(12-5-7-13(8-6-12)24(4,21)22)19(3)9-14(20)17-15-16-11(2)18-23-15/h5-8,10H,9H2,1-4H3,(H,16,17,18,20). The van der Waals surface area contributed by atoms with Crippen molar-refractivity contribution in [2.45, 2.75) is 24.8 Å². The number of anilines is 1. The van der Waals surface area contributed by atoms with Gasteiger partial charge in [-0.3, -0.25) is 15.0 Å². The number of aromatic nitrogens is 2. The van der Waals surface area contributed by atoms with Crippen molar-refractivity contribution in [3.63, 3.8) is 0 Å². The van der Waals surface area contributed by atoms with E-state index in [1.807, 2.05) is 11.8 Å². The molecule has 0 aliphatic rings. The summed E-state index contributed by atoms with van der Waals surface area (Å²) in [4.78, 5) is 18.0. The number of hydrogen-bond donors (Lipinski definition) is 1. The van der Waals surface area contributed by atoms with Crippen LogP contribution < -0.4 is 5.32 Å². The predicted molar refractivity (Wildman–Crippen MR) is 88.3 cm³/mol. The van der Waals surface area contributed by atoms with Gasteiger partial charge in [-0.1, -0.05) is 17.3 Å². The van der Waals surface area contributed by atoms with Crippen LogP contribution in [0.4, 0.5) is 6.01 Å². The first-order chi connectivity index (χ1) is 11.2. The summed E-state index contributed by atoms with van der Waals surface area (Å²) in [6, 6.07) is 6.62. The summed E-state index contributed by atoms with van der Waals surface area (Å²) in [5, 5.41) is 6.12. The Hall–Kier alpha value is -2.26. The van der Waals surface area contributed by atoms with Crippen LogP contribution in [-0.2, 0) is 14.6 Å². The minimum absolute atomic E-state index is 0.0658. The minimum Gasteiger partial charge on any atom is -0.315 e. The molecule has 1 amide bonds. The van der Waals surface area contributed by atoms with Crippen molar-refractivity contribution in [1.29, 1.82) is 0 Å². The number of benzene rings is 1. The van der Waals surface area contributed by atoms with E-state index in [0.29, 0.717) is 5.82 Å². The highest BCUT2D eigenvalue weighted by Crippen LogP contribution is 2.20. The Bertz CT molecular complexity index is 814. The highest BCUT2D eigenvalue weighted by molar-refractivity contribution is 7.90. The summed E-state index contributed by atoms with van der Waals surface area (Å²) < 4.78 is 27.8. The van der Waals surface area contributed by atoms with Gasteiger partial charge in [-0.15, -0.1) is 0 Å². The van der Waals surface area contributed by atoms with Crippen LogP contribution >= 0.6 is 0 Å². The van der Waals surface area contributed by atoms with E-state index in [-0.39, 0.29) is 29.4 Å². The Morgan fingerprint density at radius 2 is 1.96 bits per heavy atom. The second-order valence-corrected chi connectivity index (χ2v) is 7.64. The number of aryl methyl sites for hydroxylation is 1. The zero-order valence-electron chi connectivity index (χ0n) is 14.0. The van der Waals surface area contributed by atoms with E-state index >= 15 is 0 Å². The molecule has 1 aromatic heterocycles. The van der Waals surface area contributed by atoms with Crippen LogP contribution in [0, 0.1) is 6.92 Å². The molecule has 1 atom stereocenters. The molecule has 9 heteroatoms. The van der Waals surface area contributed by atoms with Gasteiger partial charge < -0.3 is 4.52 Å². The van der Waals surface area contributed by atoms with Crippen LogP contribution in [0.25, 0.3) is 0 Å². The van der Waals surface area contributed by atoms with E-state index in [4.69, 9.17) is 4.52 Å². The monoisotopic (exact) mass is 352 g/mol. The number of amides is 1.